The van der Waals surface area contributed by atoms with Crippen LogP contribution in [-0.4, -0.2) is 36.7 Å². The second kappa shape index (κ2) is 6.98. The Morgan fingerprint density at radius 3 is 3.21 bits per heavy atom. The van der Waals surface area contributed by atoms with Crippen molar-refractivity contribution in [2.75, 3.05) is 19.8 Å². The molecule has 2 unspecified atom stereocenters. The van der Waals surface area contributed by atoms with Gasteiger partial charge < -0.3 is 15.4 Å². The van der Waals surface area contributed by atoms with Crippen molar-refractivity contribution < 1.29 is 9.53 Å². The summed E-state index contributed by atoms with van der Waals surface area (Å²) >= 11 is 1.66. The van der Waals surface area contributed by atoms with Gasteiger partial charge in [-0.05, 0) is 13.3 Å². The fourth-order valence-corrected chi connectivity index (χ4v) is 2.88. The number of aromatic nitrogens is 1. The zero-order valence-electron chi connectivity index (χ0n) is 11.4. The molecule has 5 nitrogen and oxygen atoms in total. The number of aryl methyl sites for hydroxylation is 1. The van der Waals surface area contributed by atoms with Gasteiger partial charge >= 0.3 is 0 Å². The first-order chi connectivity index (χ1) is 9.19. The lowest BCUT2D eigenvalue weighted by Gasteiger charge is -2.23. The van der Waals surface area contributed by atoms with Crippen LogP contribution in [0.15, 0.2) is 6.20 Å². The lowest BCUT2D eigenvalue weighted by Crippen LogP contribution is -2.44. The number of amides is 1. The summed E-state index contributed by atoms with van der Waals surface area (Å²) in [5.74, 6) is 0.0451. The van der Waals surface area contributed by atoms with E-state index >= 15 is 0 Å². The molecule has 6 heteroatoms. The Bertz CT molecular complexity index is 416. The standard InChI is InChI=1S/C13H21N3O2S/c1-3-11-7-15-13(19-11)9(2)16-12(17)6-10-8-18-5-4-14-10/h7,9-10,14H,3-6,8H2,1-2H3,(H,16,17). The van der Waals surface area contributed by atoms with Gasteiger partial charge in [0.1, 0.15) is 5.01 Å². The van der Waals surface area contributed by atoms with E-state index in [4.69, 9.17) is 4.74 Å². The van der Waals surface area contributed by atoms with E-state index < -0.39 is 0 Å². The minimum absolute atomic E-state index is 0.0256. The van der Waals surface area contributed by atoms with Gasteiger partial charge in [0.25, 0.3) is 0 Å². The Hall–Kier alpha value is -0.980. The largest absolute Gasteiger partial charge is 0.378 e. The number of rotatable bonds is 5. The first-order valence-corrected chi connectivity index (χ1v) is 7.55. The second-order valence-electron chi connectivity index (χ2n) is 4.74. The van der Waals surface area contributed by atoms with Crippen molar-refractivity contribution in [2.24, 2.45) is 0 Å². The summed E-state index contributed by atoms with van der Waals surface area (Å²) < 4.78 is 5.34. The van der Waals surface area contributed by atoms with Crippen LogP contribution in [0.3, 0.4) is 0 Å². The number of nitrogens with zero attached hydrogens (tertiary/aromatic N) is 1. The zero-order chi connectivity index (χ0) is 13.7. The number of ether oxygens (including phenoxy) is 1. The average Bonchev–Trinajstić information content (AvgIpc) is 2.88. The molecule has 1 fully saturated rings. The number of hydrogen-bond acceptors (Lipinski definition) is 5. The number of carbonyl (C=O) groups is 1. The Kier molecular flexibility index (Phi) is 5.30. The lowest BCUT2D eigenvalue weighted by molar-refractivity contribution is -0.122. The fraction of sp³-hybridized carbons (Fsp3) is 0.692. The first-order valence-electron chi connectivity index (χ1n) is 6.74. The van der Waals surface area contributed by atoms with E-state index in [1.165, 1.54) is 4.88 Å². The number of carbonyl (C=O) groups excluding carboxylic acids is 1. The monoisotopic (exact) mass is 283 g/mol. The van der Waals surface area contributed by atoms with Crippen LogP contribution in [0.1, 0.15) is 36.2 Å². The fourth-order valence-electron chi connectivity index (χ4n) is 2.02. The van der Waals surface area contributed by atoms with E-state index in [1.54, 1.807) is 11.3 Å². The maximum absolute atomic E-state index is 11.9. The van der Waals surface area contributed by atoms with Crippen molar-refractivity contribution in [3.63, 3.8) is 0 Å². The van der Waals surface area contributed by atoms with E-state index in [-0.39, 0.29) is 18.0 Å². The van der Waals surface area contributed by atoms with Gasteiger partial charge in [-0.3, -0.25) is 4.79 Å². The van der Waals surface area contributed by atoms with Gasteiger partial charge in [0.05, 0.1) is 19.3 Å². The summed E-state index contributed by atoms with van der Waals surface area (Å²) in [6.07, 6.45) is 3.33. The summed E-state index contributed by atoms with van der Waals surface area (Å²) in [7, 11) is 0. The van der Waals surface area contributed by atoms with E-state index in [2.05, 4.69) is 22.5 Å². The van der Waals surface area contributed by atoms with Crippen molar-refractivity contribution in [1.29, 1.82) is 0 Å². The Labute approximate surface area is 117 Å². The predicted octanol–water partition coefficient (Wildman–Crippen LogP) is 1.26. The summed E-state index contributed by atoms with van der Waals surface area (Å²) in [5, 5.41) is 7.24. The molecule has 0 spiro atoms. The molecule has 1 amide bonds. The third kappa shape index (κ3) is 4.26. The molecule has 1 saturated heterocycles. The molecule has 2 rings (SSSR count). The van der Waals surface area contributed by atoms with E-state index in [0.29, 0.717) is 13.0 Å². The van der Waals surface area contributed by atoms with Crippen molar-refractivity contribution in [3.05, 3.63) is 16.1 Å². The molecule has 1 aliphatic rings. The maximum Gasteiger partial charge on any atom is 0.222 e. The highest BCUT2D eigenvalue weighted by molar-refractivity contribution is 7.11. The van der Waals surface area contributed by atoms with Crippen molar-refractivity contribution in [3.8, 4) is 0 Å². The number of thiazole rings is 1. The van der Waals surface area contributed by atoms with Gasteiger partial charge in [0.15, 0.2) is 0 Å². The highest BCUT2D eigenvalue weighted by Gasteiger charge is 2.19. The van der Waals surface area contributed by atoms with Crippen LogP contribution in [0.25, 0.3) is 0 Å². The van der Waals surface area contributed by atoms with Gasteiger partial charge in [-0.15, -0.1) is 11.3 Å². The van der Waals surface area contributed by atoms with Gasteiger partial charge in [-0.25, -0.2) is 4.98 Å². The minimum atomic E-state index is -0.0256. The highest BCUT2D eigenvalue weighted by atomic mass is 32.1. The summed E-state index contributed by atoms with van der Waals surface area (Å²) in [6, 6.07) is 0.103. The molecule has 19 heavy (non-hydrogen) atoms. The van der Waals surface area contributed by atoms with Gasteiger partial charge in [0, 0.05) is 30.1 Å². The molecule has 0 saturated carbocycles. The molecule has 106 valence electrons. The third-order valence-electron chi connectivity index (χ3n) is 3.10. The van der Waals surface area contributed by atoms with Crippen LogP contribution in [0, 0.1) is 0 Å². The van der Waals surface area contributed by atoms with Crippen LogP contribution in [0.2, 0.25) is 0 Å². The smallest absolute Gasteiger partial charge is 0.222 e. The second-order valence-corrected chi connectivity index (χ2v) is 5.88. The van der Waals surface area contributed by atoms with Gasteiger partial charge in [-0.2, -0.15) is 0 Å². The first kappa shape index (κ1) is 14.4. The van der Waals surface area contributed by atoms with Gasteiger partial charge in [-0.1, -0.05) is 6.92 Å². The van der Waals surface area contributed by atoms with Crippen LogP contribution in [-0.2, 0) is 16.0 Å². The third-order valence-corrected chi connectivity index (χ3v) is 4.42. The molecule has 2 N–H and O–H groups in total. The van der Waals surface area contributed by atoms with E-state index in [0.717, 1.165) is 24.6 Å². The van der Waals surface area contributed by atoms with Crippen LogP contribution in [0.4, 0.5) is 0 Å². The molecule has 0 bridgehead atoms. The molecular weight excluding hydrogens is 262 g/mol. The molecule has 2 atom stereocenters. The molecule has 1 aliphatic heterocycles. The molecule has 1 aromatic rings. The van der Waals surface area contributed by atoms with Crippen LogP contribution >= 0.6 is 11.3 Å². The summed E-state index contributed by atoms with van der Waals surface area (Å²) in [6.45, 7) is 6.24. The Morgan fingerprint density at radius 1 is 1.74 bits per heavy atom. The van der Waals surface area contributed by atoms with Crippen LogP contribution in [0.5, 0.6) is 0 Å². The van der Waals surface area contributed by atoms with E-state index in [1.807, 2.05) is 13.1 Å². The van der Waals surface area contributed by atoms with Crippen LogP contribution < -0.4 is 10.6 Å². The van der Waals surface area contributed by atoms with Crippen molar-refractivity contribution >= 4 is 17.2 Å². The summed E-state index contributed by atoms with van der Waals surface area (Å²) in [5.41, 5.74) is 0. The minimum Gasteiger partial charge on any atom is -0.378 e. The topological polar surface area (TPSA) is 63.2 Å². The summed E-state index contributed by atoms with van der Waals surface area (Å²) in [4.78, 5) is 17.5. The molecule has 0 radical (unpaired) electrons. The van der Waals surface area contributed by atoms with Crippen molar-refractivity contribution in [2.45, 2.75) is 38.8 Å². The normalized spacial score (nSPS) is 21.1. The Balaban J connectivity index is 1.80. The Morgan fingerprint density at radius 2 is 2.58 bits per heavy atom. The van der Waals surface area contributed by atoms with Gasteiger partial charge in [0.2, 0.25) is 5.91 Å². The zero-order valence-corrected chi connectivity index (χ0v) is 12.3. The quantitative estimate of drug-likeness (QED) is 0.854. The lowest BCUT2D eigenvalue weighted by atomic mass is 10.2. The maximum atomic E-state index is 11.9. The number of nitrogens with one attached hydrogen (secondary N) is 2. The van der Waals surface area contributed by atoms with E-state index in [9.17, 15) is 4.79 Å². The van der Waals surface area contributed by atoms with Crippen molar-refractivity contribution in [1.82, 2.24) is 15.6 Å². The number of morpholine rings is 1. The number of hydrogen-bond donors (Lipinski definition) is 2. The molecule has 0 aromatic carbocycles. The average molecular weight is 283 g/mol. The molecular formula is C13H21N3O2S. The molecule has 1 aromatic heterocycles. The predicted molar refractivity (Wildman–Crippen MR) is 75.3 cm³/mol. The molecule has 0 aliphatic carbocycles. The highest BCUT2D eigenvalue weighted by Crippen LogP contribution is 2.20. The SMILES string of the molecule is CCc1cnc(C(C)NC(=O)CC2COCCN2)s1. The molecule has 2 heterocycles.